The van der Waals surface area contributed by atoms with Gasteiger partial charge in [-0.15, -0.1) is 0 Å². The lowest BCUT2D eigenvalue weighted by atomic mass is 10.4. The van der Waals surface area contributed by atoms with Crippen LogP contribution in [0.2, 0.25) is 0 Å². The van der Waals surface area contributed by atoms with Crippen LogP contribution in [0.5, 0.6) is 0 Å². The van der Waals surface area contributed by atoms with Gasteiger partial charge in [-0.2, -0.15) is 0 Å². The van der Waals surface area contributed by atoms with Gasteiger partial charge in [0.15, 0.2) is 5.96 Å². The number of hydrogen-bond donors (Lipinski definition) is 2. The molecule has 26 heavy (non-hydrogen) atoms. The van der Waals surface area contributed by atoms with E-state index in [1.54, 1.807) is 37.1 Å². The van der Waals surface area contributed by atoms with Crippen LogP contribution < -0.4 is 10.0 Å². The highest BCUT2D eigenvalue weighted by molar-refractivity contribution is 9.10. The van der Waals surface area contributed by atoms with Gasteiger partial charge in [0.25, 0.3) is 0 Å². The molecule has 0 unspecified atom stereocenters. The van der Waals surface area contributed by atoms with Gasteiger partial charge in [0, 0.05) is 70.0 Å². The number of sulfonamides is 1. The average Bonchev–Trinajstić information content (AvgIpc) is 3.13. The lowest BCUT2D eigenvalue weighted by Gasteiger charge is -2.22. The van der Waals surface area contributed by atoms with E-state index in [9.17, 15) is 8.42 Å². The number of hydrogen-bond acceptors (Lipinski definition) is 3. The number of aromatic nitrogens is 2. The zero-order chi connectivity index (χ0) is 19.3. The fraction of sp³-hybridized carbons (Fsp3) is 0.438. The van der Waals surface area contributed by atoms with Gasteiger partial charge in [-0.1, -0.05) is 0 Å². The quantitative estimate of drug-likeness (QED) is 0.380. The highest BCUT2D eigenvalue weighted by atomic mass is 79.9. The molecule has 0 amide bonds. The molecule has 2 heterocycles. The summed E-state index contributed by atoms with van der Waals surface area (Å²) >= 11 is 3.47. The molecular formula is C16H25BrN6O2S. The predicted molar refractivity (Wildman–Crippen MR) is 107 cm³/mol. The van der Waals surface area contributed by atoms with E-state index in [1.165, 1.54) is 0 Å². The Labute approximate surface area is 163 Å². The summed E-state index contributed by atoms with van der Waals surface area (Å²) < 4.78 is 31.7. The molecule has 8 nitrogen and oxygen atoms in total. The number of aryl methyl sites for hydroxylation is 2. The zero-order valence-corrected chi connectivity index (χ0v) is 17.8. The molecule has 0 aliphatic carbocycles. The maximum absolute atomic E-state index is 12.2. The van der Waals surface area contributed by atoms with Crippen LogP contribution >= 0.6 is 15.9 Å². The Kier molecular flexibility index (Phi) is 6.90. The standard InChI is InChI=1S/C16H25BrN6O2S/c1-18-16(23(4)11-14-9-13(17)10-22(14)3)19-6-7-20-26(24,25)15-5-8-21(2)12-15/h5,8-10,12,20H,6-7,11H2,1-4H3,(H,18,19). The van der Waals surface area contributed by atoms with Crippen LogP contribution in [0.1, 0.15) is 5.69 Å². The third-order valence-electron chi connectivity index (χ3n) is 3.86. The number of nitrogens with one attached hydrogen (secondary N) is 2. The van der Waals surface area contributed by atoms with Crippen molar-refractivity contribution in [2.24, 2.45) is 19.1 Å². The van der Waals surface area contributed by atoms with Crippen molar-refractivity contribution in [1.82, 2.24) is 24.1 Å². The van der Waals surface area contributed by atoms with E-state index in [1.807, 2.05) is 29.8 Å². The summed E-state index contributed by atoms with van der Waals surface area (Å²) in [6.07, 6.45) is 5.27. The smallest absolute Gasteiger partial charge is 0.242 e. The Balaban J connectivity index is 1.84. The number of rotatable bonds is 7. The first kappa shape index (κ1) is 20.5. The van der Waals surface area contributed by atoms with Crippen molar-refractivity contribution in [3.8, 4) is 0 Å². The molecule has 0 radical (unpaired) electrons. The fourth-order valence-corrected chi connectivity index (χ4v) is 4.16. The normalized spacial score (nSPS) is 12.4. The van der Waals surface area contributed by atoms with Crippen molar-refractivity contribution in [3.05, 3.63) is 40.9 Å². The van der Waals surface area contributed by atoms with Crippen LogP contribution in [0.25, 0.3) is 0 Å². The minimum Gasteiger partial charge on any atom is -0.356 e. The Morgan fingerprint density at radius 1 is 1.31 bits per heavy atom. The van der Waals surface area contributed by atoms with E-state index in [0.717, 1.165) is 10.2 Å². The first-order chi connectivity index (χ1) is 12.2. The van der Waals surface area contributed by atoms with Crippen LogP contribution in [0.4, 0.5) is 0 Å². The van der Waals surface area contributed by atoms with Gasteiger partial charge in [0.2, 0.25) is 10.0 Å². The summed E-state index contributed by atoms with van der Waals surface area (Å²) in [7, 11) is 3.92. The van der Waals surface area contributed by atoms with Gasteiger partial charge in [-0.3, -0.25) is 4.99 Å². The lowest BCUT2D eigenvalue weighted by Crippen LogP contribution is -2.42. The summed E-state index contributed by atoms with van der Waals surface area (Å²) in [4.78, 5) is 6.49. The van der Waals surface area contributed by atoms with Crippen LogP contribution in [0, 0.1) is 0 Å². The van der Waals surface area contributed by atoms with Gasteiger partial charge >= 0.3 is 0 Å². The van der Waals surface area contributed by atoms with Crippen molar-refractivity contribution in [3.63, 3.8) is 0 Å². The summed E-state index contributed by atoms with van der Waals surface area (Å²) in [5.74, 6) is 0.696. The summed E-state index contributed by atoms with van der Waals surface area (Å²) in [5.41, 5.74) is 1.13. The Morgan fingerprint density at radius 3 is 2.58 bits per heavy atom. The molecule has 0 saturated carbocycles. The van der Waals surface area contributed by atoms with Crippen LogP contribution in [-0.2, 0) is 30.7 Å². The number of guanidine groups is 1. The molecule has 2 aromatic rings. The molecule has 2 aromatic heterocycles. The van der Waals surface area contributed by atoms with Gasteiger partial charge in [0.1, 0.15) is 0 Å². The van der Waals surface area contributed by atoms with E-state index in [0.29, 0.717) is 19.0 Å². The fourth-order valence-electron chi connectivity index (χ4n) is 2.51. The maximum atomic E-state index is 12.2. The topological polar surface area (TPSA) is 83.7 Å². The molecule has 0 aliphatic heterocycles. The van der Waals surface area contributed by atoms with E-state index in [4.69, 9.17) is 0 Å². The minimum absolute atomic E-state index is 0.260. The molecule has 2 N–H and O–H groups in total. The predicted octanol–water partition coefficient (Wildman–Crippen LogP) is 1.11. The number of aliphatic imine (C=N–C) groups is 1. The van der Waals surface area contributed by atoms with E-state index < -0.39 is 10.0 Å². The van der Waals surface area contributed by atoms with E-state index in [2.05, 4.69) is 37.0 Å². The molecule has 0 spiro atoms. The molecule has 0 aromatic carbocycles. The second-order valence-corrected chi connectivity index (χ2v) is 8.68. The summed E-state index contributed by atoms with van der Waals surface area (Å²) in [5, 5.41) is 3.17. The molecule has 2 rings (SSSR count). The zero-order valence-electron chi connectivity index (χ0n) is 15.4. The molecule has 0 fully saturated rings. The average molecular weight is 445 g/mol. The van der Waals surface area contributed by atoms with E-state index in [-0.39, 0.29) is 11.4 Å². The first-order valence-corrected chi connectivity index (χ1v) is 10.3. The van der Waals surface area contributed by atoms with Gasteiger partial charge in [0.05, 0.1) is 11.4 Å². The molecule has 0 aliphatic rings. The van der Waals surface area contributed by atoms with Crippen LogP contribution in [0.3, 0.4) is 0 Å². The van der Waals surface area contributed by atoms with E-state index >= 15 is 0 Å². The second-order valence-electron chi connectivity index (χ2n) is 6.00. The lowest BCUT2D eigenvalue weighted by molar-refractivity contribution is 0.462. The monoisotopic (exact) mass is 444 g/mol. The molecule has 0 saturated heterocycles. The van der Waals surface area contributed by atoms with Crippen molar-refractivity contribution in [1.29, 1.82) is 0 Å². The summed E-state index contributed by atoms with van der Waals surface area (Å²) in [6, 6.07) is 3.62. The van der Waals surface area contributed by atoms with Crippen LogP contribution in [0.15, 0.2) is 45.1 Å². The van der Waals surface area contributed by atoms with Gasteiger partial charge in [-0.05, 0) is 28.1 Å². The second kappa shape index (κ2) is 8.74. The van der Waals surface area contributed by atoms with Crippen molar-refractivity contribution < 1.29 is 8.42 Å². The van der Waals surface area contributed by atoms with Crippen molar-refractivity contribution >= 4 is 31.9 Å². The van der Waals surface area contributed by atoms with Crippen molar-refractivity contribution in [2.45, 2.75) is 11.4 Å². The molecule has 0 atom stereocenters. The minimum atomic E-state index is -3.49. The van der Waals surface area contributed by atoms with Crippen molar-refractivity contribution in [2.75, 3.05) is 27.2 Å². The molecule has 0 bridgehead atoms. The van der Waals surface area contributed by atoms with Crippen LogP contribution in [-0.4, -0.2) is 55.6 Å². The maximum Gasteiger partial charge on any atom is 0.242 e. The molecule has 144 valence electrons. The van der Waals surface area contributed by atoms with Gasteiger partial charge < -0.3 is 19.4 Å². The molecular weight excluding hydrogens is 420 g/mol. The Hall–Kier alpha value is -1.78. The first-order valence-electron chi connectivity index (χ1n) is 8.07. The Bertz CT molecular complexity index is 871. The third-order valence-corrected chi connectivity index (χ3v) is 5.74. The largest absolute Gasteiger partial charge is 0.356 e. The number of nitrogens with zero attached hydrogens (tertiary/aromatic N) is 4. The Morgan fingerprint density at radius 2 is 2.04 bits per heavy atom. The highest BCUT2D eigenvalue weighted by Crippen LogP contribution is 2.15. The number of halogens is 1. The highest BCUT2D eigenvalue weighted by Gasteiger charge is 2.14. The summed E-state index contributed by atoms with van der Waals surface area (Å²) in [6.45, 7) is 1.37. The third kappa shape index (κ3) is 5.36. The SMILES string of the molecule is CN=C(NCCNS(=O)(=O)c1ccn(C)c1)N(C)Cc1cc(Br)cn1C. The van der Waals surface area contributed by atoms with Gasteiger partial charge in [-0.25, -0.2) is 13.1 Å². The molecule has 10 heteroatoms.